The van der Waals surface area contributed by atoms with Crippen LogP contribution in [0.25, 0.3) is 0 Å². The van der Waals surface area contributed by atoms with Gasteiger partial charge in [-0.05, 0) is 25.2 Å². The number of hydrogen-bond acceptors (Lipinski definition) is 7. The van der Waals surface area contributed by atoms with E-state index in [0.717, 1.165) is 6.92 Å². The molecule has 0 fully saturated rings. The third kappa shape index (κ3) is 10.1. The first-order chi connectivity index (χ1) is 14.7. The number of nitrogens with two attached hydrogens (primary N) is 2. The van der Waals surface area contributed by atoms with Crippen LogP contribution in [0.1, 0.15) is 53.9 Å². The summed E-state index contributed by atoms with van der Waals surface area (Å²) in [5, 5.41) is 25.7. The summed E-state index contributed by atoms with van der Waals surface area (Å²) in [6.45, 7) is 8.50. The Bertz CT molecular complexity index is 683. The van der Waals surface area contributed by atoms with Crippen LogP contribution in [0.2, 0.25) is 0 Å². The Morgan fingerprint density at radius 3 is 1.78 bits per heavy atom. The average Bonchev–Trinajstić information content (AvgIpc) is 2.68. The number of aliphatic carboxylic acids is 1. The van der Waals surface area contributed by atoms with Crippen LogP contribution < -0.4 is 27.4 Å². The van der Waals surface area contributed by atoms with Gasteiger partial charge in [-0.25, -0.2) is 4.79 Å². The van der Waals surface area contributed by atoms with Gasteiger partial charge < -0.3 is 37.6 Å². The van der Waals surface area contributed by atoms with E-state index in [9.17, 15) is 29.1 Å². The van der Waals surface area contributed by atoms with E-state index in [4.69, 9.17) is 16.6 Å². The highest BCUT2D eigenvalue weighted by atomic mass is 16.4. The Balaban J connectivity index is 5.56. The minimum atomic E-state index is -1.66. The molecule has 0 aromatic carbocycles. The number of hydrogen-bond donors (Lipinski definition) is 7. The largest absolute Gasteiger partial charge is 0.480 e. The topological polar surface area (TPSA) is 214 Å². The molecule has 0 radical (unpaired) electrons. The van der Waals surface area contributed by atoms with Crippen molar-refractivity contribution < 1.29 is 34.2 Å². The zero-order valence-corrected chi connectivity index (χ0v) is 19.3. The minimum Gasteiger partial charge on any atom is -0.480 e. The second kappa shape index (κ2) is 13.6. The molecule has 0 aliphatic rings. The molecule has 0 saturated heterocycles. The van der Waals surface area contributed by atoms with Gasteiger partial charge in [-0.15, -0.1) is 0 Å². The molecule has 0 aliphatic heterocycles. The van der Waals surface area contributed by atoms with Gasteiger partial charge in [-0.1, -0.05) is 34.1 Å². The molecule has 12 nitrogen and oxygen atoms in total. The lowest BCUT2D eigenvalue weighted by Crippen LogP contribution is -2.59. The predicted octanol–water partition coefficient (Wildman–Crippen LogP) is -1.80. The van der Waals surface area contributed by atoms with Gasteiger partial charge in [-0.3, -0.25) is 19.2 Å². The maximum absolute atomic E-state index is 12.9. The molecule has 12 heteroatoms. The zero-order chi connectivity index (χ0) is 25.2. The Labute approximate surface area is 187 Å². The van der Waals surface area contributed by atoms with Gasteiger partial charge in [0.05, 0.1) is 18.6 Å². The van der Waals surface area contributed by atoms with Gasteiger partial charge in [0.1, 0.15) is 12.1 Å². The van der Waals surface area contributed by atoms with Crippen molar-refractivity contribution in [2.45, 2.75) is 84.2 Å². The summed E-state index contributed by atoms with van der Waals surface area (Å²) in [6, 6.07) is -5.05. The van der Waals surface area contributed by atoms with E-state index >= 15 is 0 Å². The van der Waals surface area contributed by atoms with Crippen molar-refractivity contribution in [2.75, 3.05) is 0 Å². The van der Waals surface area contributed by atoms with E-state index in [1.165, 1.54) is 0 Å². The molecule has 4 amide bonds. The summed E-state index contributed by atoms with van der Waals surface area (Å²) >= 11 is 0. The number of aliphatic hydroxyl groups excluding tert-OH is 1. The number of carbonyl (C=O) groups is 5. The van der Waals surface area contributed by atoms with E-state index in [1.807, 2.05) is 20.8 Å². The van der Waals surface area contributed by atoms with E-state index in [0.29, 0.717) is 6.42 Å². The quantitative estimate of drug-likeness (QED) is 0.157. The van der Waals surface area contributed by atoms with Crippen LogP contribution in [0.15, 0.2) is 0 Å². The molecule has 6 atom stereocenters. The van der Waals surface area contributed by atoms with Gasteiger partial charge in [0.25, 0.3) is 0 Å². The van der Waals surface area contributed by atoms with Crippen molar-refractivity contribution in [1.82, 2.24) is 16.0 Å². The number of aliphatic hydroxyl groups is 1. The normalized spacial score (nSPS) is 16.8. The van der Waals surface area contributed by atoms with Crippen molar-refractivity contribution in [3.8, 4) is 0 Å². The van der Waals surface area contributed by atoms with Crippen LogP contribution in [0, 0.1) is 11.8 Å². The Morgan fingerprint density at radius 1 is 0.875 bits per heavy atom. The number of nitrogens with one attached hydrogen (secondary N) is 3. The number of carboxylic acids is 1. The predicted molar refractivity (Wildman–Crippen MR) is 116 cm³/mol. The second-order valence-corrected chi connectivity index (χ2v) is 8.40. The van der Waals surface area contributed by atoms with Crippen LogP contribution in [0.5, 0.6) is 0 Å². The Kier molecular flexibility index (Phi) is 12.5. The molecule has 0 bridgehead atoms. The minimum absolute atomic E-state index is 0.0130. The molecule has 6 unspecified atom stereocenters. The maximum Gasteiger partial charge on any atom is 0.328 e. The van der Waals surface area contributed by atoms with Crippen molar-refractivity contribution in [3.63, 3.8) is 0 Å². The fourth-order valence-electron chi connectivity index (χ4n) is 2.81. The highest BCUT2D eigenvalue weighted by Crippen LogP contribution is 2.10. The van der Waals surface area contributed by atoms with E-state index < -0.39 is 66.3 Å². The molecule has 0 heterocycles. The lowest BCUT2D eigenvalue weighted by molar-refractivity contribution is -0.145. The van der Waals surface area contributed by atoms with Gasteiger partial charge in [0, 0.05) is 0 Å². The third-order valence-corrected chi connectivity index (χ3v) is 4.98. The van der Waals surface area contributed by atoms with Crippen molar-refractivity contribution in [2.24, 2.45) is 23.3 Å². The maximum atomic E-state index is 12.9. The number of amides is 4. The van der Waals surface area contributed by atoms with E-state index in [2.05, 4.69) is 16.0 Å². The first kappa shape index (κ1) is 29.3. The summed E-state index contributed by atoms with van der Waals surface area (Å²) in [4.78, 5) is 60.5. The van der Waals surface area contributed by atoms with Crippen molar-refractivity contribution >= 4 is 29.6 Å². The Morgan fingerprint density at radius 2 is 1.38 bits per heavy atom. The Hall–Kier alpha value is -2.73. The first-order valence-electron chi connectivity index (χ1n) is 10.6. The molecule has 0 aromatic rings. The van der Waals surface area contributed by atoms with Crippen molar-refractivity contribution in [3.05, 3.63) is 0 Å². The third-order valence-electron chi connectivity index (χ3n) is 4.98. The zero-order valence-electron chi connectivity index (χ0n) is 19.3. The summed E-state index contributed by atoms with van der Waals surface area (Å²) in [5.41, 5.74) is 11.1. The molecule has 0 saturated carbocycles. The molecule has 184 valence electrons. The van der Waals surface area contributed by atoms with Crippen LogP contribution in [0.4, 0.5) is 0 Å². The van der Waals surface area contributed by atoms with Gasteiger partial charge >= 0.3 is 5.97 Å². The highest BCUT2D eigenvalue weighted by molar-refractivity contribution is 5.96. The fourth-order valence-corrected chi connectivity index (χ4v) is 2.81. The molecular formula is C20H37N5O7. The van der Waals surface area contributed by atoms with Crippen LogP contribution in [0.3, 0.4) is 0 Å². The molecule has 0 aromatic heterocycles. The summed E-state index contributed by atoms with van der Waals surface area (Å²) in [7, 11) is 0. The standard InChI is InChI=1S/C20H37N5O7/c1-6-10(4)15(22)19(30)24-12(7-9(2)3)17(28)23-13(8-14(21)27)18(29)25-16(11(5)26)20(31)32/h9-13,15-16,26H,6-8,22H2,1-5H3,(H2,21,27)(H,23,28)(H,24,30)(H,25,29)(H,31,32). The molecule has 9 N–H and O–H groups in total. The number of carbonyl (C=O) groups excluding carboxylic acids is 4. The first-order valence-corrected chi connectivity index (χ1v) is 10.6. The van der Waals surface area contributed by atoms with Gasteiger partial charge in [0.2, 0.25) is 23.6 Å². The lowest BCUT2D eigenvalue weighted by Gasteiger charge is -2.26. The average molecular weight is 460 g/mol. The fraction of sp³-hybridized carbons (Fsp3) is 0.750. The number of primary amides is 1. The SMILES string of the molecule is CCC(C)C(N)C(=O)NC(CC(C)C)C(=O)NC(CC(N)=O)C(=O)NC(C(=O)O)C(C)O. The second-order valence-electron chi connectivity index (χ2n) is 8.40. The highest BCUT2D eigenvalue weighted by Gasteiger charge is 2.33. The van der Waals surface area contributed by atoms with Gasteiger partial charge in [0.15, 0.2) is 6.04 Å². The summed E-state index contributed by atoms with van der Waals surface area (Å²) in [5.74, 6) is -4.86. The van der Waals surface area contributed by atoms with Crippen LogP contribution in [-0.4, -0.2) is 70.1 Å². The summed E-state index contributed by atoms with van der Waals surface area (Å²) < 4.78 is 0. The van der Waals surface area contributed by atoms with E-state index in [-0.39, 0.29) is 18.3 Å². The smallest absolute Gasteiger partial charge is 0.328 e. The van der Waals surface area contributed by atoms with E-state index in [1.54, 1.807) is 6.92 Å². The molecule has 0 aliphatic carbocycles. The molecule has 0 rings (SSSR count). The molecule has 0 spiro atoms. The molecular weight excluding hydrogens is 422 g/mol. The molecule has 32 heavy (non-hydrogen) atoms. The lowest BCUT2D eigenvalue weighted by atomic mass is 9.97. The van der Waals surface area contributed by atoms with Crippen molar-refractivity contribution in [1.29, 1.82) is 0 Å². The van der Waals surface area contributed by atoms with Crippen LogP contribution >= 0.6 is 0 Å². The number of carboxylic acid groups (broad SMARTS) is 1. The van der Waals surface area contributed by atoms with Gasteiger partial charge in [-0.2, -0.15) is 0 Å². The monoisotopic (exact) mass is 459 g/mol. The van der Waals surface area contributed by atoms with Crippen LogP contribution in [-0.2, 0) is 24.0 Å². The number of rotatable bonds is 14. The summed E-state index contributed by atoms with van der Waals surface area (Å²) in [6.07, 6.45) is -1.17.